The highest BCUT2D eigenvalue weighted by Crippen LogP contribution is 2.30. The van der Waals surface area contributed by atoms with Gasteiger partial charge in [-0.25, -0.2) is 44.9 Å². The molecule has 0 radical (unpaired) electrons. The van der Waals surface area contributed by atoms with Crippen molar-refractivity contribution in [3.63, 3.8) is 0 Å². The Kier molecular flexibility index (Phi) is 4.62. The maximum atomic E-state index is 5.10. The molecule has 9 rings (SSSR count). The molecule has 0 unspecified atom stereocenters. The van der Waals surface area contributed by atoms with Crippen LogP contribution >= 0.6 is 0 Å². The Bertz CT molecular complexity index is 2450. The summed E-state index contributed by atoms with van der Waals surface area (Å²) in [6, 6.07) is 6.13. The average Bonchev–Trinajstić information content (AvgIpc) is 3.63. The molecule has 0 spiro atoms. The first-order valence-electron chi connectivity index (χ1n) is 13.2. The molecular formula is C29H19N13. The summed E-state index contributed by atoms with van der Waals surface area (Å²) in [5, 5.41) is 1.85. The van der Waals surface area contributed by atoms with Crippen molar-refractivity contribution in [1.82, 2.24) is 63.5 Å². The summed E-state index contributed by atoms with van der Waals surface area (Å²) in [6.07, 6.45) is 15.5. The van der Waals surface area contributed by atoms with Gasteiger partial charge in [-0.3, -0.25) is 4.98 Å². The highest BCUT2D eigenvalue weighted by molar-refractivity contribution is 6.05. The highest BCUT2D eigenvalue weighted by atomic mass is 15.1. The molecule has 0 amide bonds. The minimum Gasteiger partial charge on any atom is -0.332 e. The number of nitrogens with zero attached hydrogens (tertiary/aromatic N) is 13. The Morgan fingerprint density at radius 2 is 1.24 bits per heavy atom. The maximum Gasteiger partial charge on any atom is 0.160 e. The molecule has 0 bridgehead atoms. The largest absolute Gasteiger partial charge is 0.332 e. The lowest BCUT2D eigenvalue weighted by molar-refractivity contribution is 0.822. The number of rotatable bonds is 4. The molecule has 0 aliphatic carbocycles. The molecule has 0 saturated carbocycles. The van der Waals surface area contributed by atoms with Gasteiger partial charge in [0.15, 0.2) is 5.65 Å². The van der Waals surface area contributed by atoms with Gasteiger partial charge in [0.05, 0.1) is 70.5 Å². The number of fused-ring (bicyclic) bond motifs is 9. The summed E-state index contributed by atoms with van der Waals surface area (Å²) in [6.45, 7) is 1.01. The molecule has 9 aromatic rings. The standard InChI is InChI=1S/C29H19N13/c1-40-28-19(8-31-15-37-28)25-29(40)34-6-17(39-25)12-42-21-3-2-16(38-27(21)26-23(42)10-33-14-36-26)11-41-20-4-5-30-7-18(20)24-22(41)9-32-13-35-24/h2-10,13-15H,11-12H2,1H3. The molecule has 0 N–H and O–H groups in total. The van der Waals surface area contributed by atoms with Crippen molar-refractivity contribution in [1.29, 1.82) is 0 Å². The first-order chi connectivity index (χ1) is 20.7. The lowest BCUT2D eigenvalue weighted by Crippen LogP contribution is -2.04. The molecule has 0 aliphatic heterocycles. The van der Waals surface area contributed by atoms with Crippen LogP contribution in [0.2, 0.25) is 0 Å². The maximum absolute atomic E-state index is 5.10. The van der Waals surface area contributed by atoms with E-state index in [-0.39, 0.29) is 0 Å². The summed E-state index contributed by atoms with van der Waals surface area (Å²) in [7, 11) is 1.93. The lowest BCUT2D eigenvalue weighted by atomic mass is 10.3. The third kappa shape index (κ3) is 3.18. The quantitative estimate of drug-likeness (QED) is 0.319. The smallest absolute Gasteiger partial charge is 0.160 e. The van der Waals surface area contributed by atoms with E-state index in [0.717, 1.165) is 77.6 Å². The molecular weight excluding hydrogens is 530 g/mol. The van der Waals surface area contributed by atoms with Gasteiger partial charge in [-0.2, -0.15) is 0 Å². The van der Waals surface area contributed by atoms with E-state index in [1.807, 2.05) is 42.3 Å². The van der Waals surface area contributed by atoms with Gasteiger partial charge in [-0.05, 0) is 18.2 Å². The van der Waals surface area contributed by atoms with Crippen molar-refractivity contribution < 1.29 is 0 Å². The van der Waals surface area contributed by atoms with Crippen molar-refractivity contribution in [3.8, 4) is 0 Å². The lowest BCUT2D eigenvalue weighted by Gasteiger charge is -2.09. The van der Waals surface area contributed by atoms with Crippen molar-refractivity contribution in [2.75, 3.05) is 0 Å². The second-order valence-corrected chi connectivity index (χ2v) is 10.1. The van der Waals surface area contributed by atoms with Gasteiger partial charge in [0.25, 0.3) is 0 Å². The van der Waals surface area contributed by atoms with Crippen LogP contribution in [0.4, 0.5) is 0 Å². The van der Waals surface area contributed by atoms with Crippen LogP contribution in [0, 0.1) is 0 Å². The Balaban J connectivity index is 1.17. The van der Waals surface area contributed by atoms with E-state index in [0.29, 0.717) is 13.1 Å². The van der Waals surface area contributed by atoms with Crippen LogP contribution in [-0.2, 0) is 20.1 Å². The highest BCUT2D eigenvalue weighted by Gasteiger charge is 2.18. The summed E-state index contributed by atoms with van der Waals surface area (Å²) in [5.74, 6) is 0. The predicted octanol–water partition coefficient (Wildman–Crippen LogP) is 3.59. The van der Waals surface area contributed by atoms with Gasteiger partial charge in [-0.1, -0.05) is 0 Å². The topological polar surface area (TPSA) is 144 Å². The van der Waals surface area contributed by atoms with E-state index in [4.69, 9.17) is 15.0 Å². The zero-order valence-corrected chi connectivity index (χ0v) is 22.2. The molecule has 0 aliphatic rings. The van der Waals surface area contributed by atoms with Gasteiger partial charge in [0.2, 0.25) is 0 Å². The number of hydrogen-bond acceptors (Lipinski definition) is 10. The van der Waals surface area contributed by atoms with E-state index in [9.17, 15) is 0 Å². The summed E-state index contributed by atoms with van der Waals surface area (Å²) in [4.78, 5) is 45.4. The fraction of sp³-hybridized carbons (Fsp3) is 0.103. The van der Waals surface area contributed by atoms with Gasteiger partial charge in [-0.15, -0.1) is 0 Å². The van der Waals surface area contributed by atoms with Crippen LogP contribution in [0.15, 0.2) is 74.4 Å². The fourth-order valence-corrected chi connectivity index (χ4v) is 5.91. The minimum atomic E-state index is 0.471. The molecule has 42 heavy (non-hydrogen) atoms. The molecule has 9 aromatic heterocycles. The van der Waals surface area contributed by atoms with Crippen molar-refractivity contribution in [3.05, 3.63) is 85.7 Å². The normalized spacial score (nSPS) is 12.1. The Morgan fingerprint density at radius 1 is 0.524 bits per heavy atom. The number of pyridine rings is 2. The second-order valence-electron chi connectivity index (χ2n) is 10.1. The SMILES string of the molecule is Cn1c2ncncc2c2nc(Cn3c4cncnc4c4nc(Cn5c6ccncc6c6ncncc65)ccc43)cnc21. The van der Waals surface area contributed by atoms with E-state index in [1.165, 1.54) is 6.33 Å². The van der Waals surface area contributed by atoms with Gasteiger partial charge >= 0.3 is 0 Å². The average molecular weight is 550 g/mol. The first kappa shape index (κ1) is 22.8. The van der Waals surface area contributed by atoms with Gasteiger partial charge in [0.1, 0.15) is 46.7 Å². The van der Waals surface area contributed by atoms with Crippen LogP contribution < -0.4 is 0 Å². The molecule has 9 heterocycles. The van der Waals surface area contributed by atoms with Crippen molar-refractivity contribution >= 4 is 66.2 Å². The zero-order valence-electron chi connectivity index (χ0n) is 22.2. The molecule has 0 fully saturated rings. The minimum absolute atomic E-state index is 0.471. The summed E-state index contributed by atoms with van der Waals surface area (Å²) in [5.41, 5.74) is 10.2. The summed E-state index contributed by atoms with van der Waals surface area (Å²) < 4.78 is 6.24. The molecule has 13 nitrogen and oxygen atoms in total. The number of aromatic nitrogens is 13. The Morgan fingerprint density at radius 3 is 2.14 bits per heavy atom. The molecule has 13 heteroatoms. The molecule has 200 valence electrons. The van der Waals surface area contributed by atoms with Gasteiger partial charge in [0, 0.05) is 31.0 Å². The van der Waals surface area contributed by atoms with Crippen LogP contribution in [0.25, 0.3) is 66.2 Å². The Hall–Kier alpha value is -5.98. The second kappa shape index (κ2) is 8.51. The summed E-state index contributed by atoms with van der Waals surface area (Å²) >= 11 is 0. The monoisotopic (exact) mass is 549 g/mol. The van der Waals surface area contributed by atoms with E-state index in [2.05, 4.69) is 50.1 Å². The van der Waals surface area contributed by atoms with E-state index < -0.39 is 0 Å². The van der Waals surface area contributed by atoms with Gasteiger partial charge < -0.3 is 13.7 Å². The van der Waals surface area contributed by atoms with Crippen molar-refractivity contribution in [2.45, 2.75) is 13.1 Å². The third-order valence-electron chi connectivity index (χ3n) is 7.78. The van der Waals surface area contributed by atoms with Crippen LogP contribution in [0.3, 0.4) is 0 Å². The number of aryl methyl sites for hydroxylation is 1. The molecule has 0 aromatic carbocycles. The Labute approximate surface area is 235 Å². The van der Waals surface area contributed by atoms with Crippen molar-refractivity contribution in [2.24, 2.45) is 7.05 Å². The predicted molar refractivity (Wildman–Crippen MR) is 155 cm³/mol. The van der Waals surface area contributed by atoms with Crippen LogP contribution in [0.1, 0.15) is 11.4 Å². The third-order valence-corrected chi connectivity index (χ3v) is 7.78. The van der Waals surface area contributed by atoms with Crippen LogP contribution in [0.5, 0.6) is 0 Å². The first-order valence-corrected chi connectivity index (χ1v) is 13.2. The van der Waals surface area contributed by atoms with E-state index >= 15 is 0 Å². The van der Waals surface area contributed by atoms with E-state index in [1.54, 1.807) is 31.2 Å². The van der Waals surface area contributed by atoms with Crippen LogP contribution in [-0.4, -0.2) is 63.5 Å². The molecule has 0 saturated heterocycles. The zero-order chi connectivity index (χ0) is 27.8. The fourth-order valence-electron chi connectivity index (χ4n) is 5.91. The number of hydrogen-bond donors (Lipinski definition) is 0. The molecule has 0 atom stereocenters.